The van der Waals surface area contributed by atoms with Crippen molar-refractivity contribution >= 4 is 5.78 Å². The number of rotatable bonds is 9. The van der Waals surface area contributed by atoms with E-state index in [2.05, 4.69) is 38.1 Å². The van der Waals surface area contributed by atoms with Crippen LogP contribution in [0.25, 0.3) is 0 Å². The van der Waals surface area contributed by atoms with Gasteiger partial charge in [-0.1, -0.05) is 88.1 Å². The maximum absolute atomic E-state index is 12.5. The second kappa shape index (κ2) is 9.29. The predicted molar refractivity (Wildman–Crippen MR) is 98.2 cm³/mol. The molecule has 23 heavy (non-hydrogen) atoms. The largest absolute Gasteiger partial charge is 0.289 e. The Morgan fingerprint density at radius 3 is 1.65 bits per heavy atom. The summed E-state index contributed by atoms with van der Waals surface area (Å²) in [5.41, 5.74) is 4.19. The van der Waals surface area contributed by atoms with Crippen molar-refractivity contribution in [3.8, 4) is 0 Å². The van der Waals surface area contributed by atoms with Crippen LogP contribution < -0.4 is 0 Å². The lowest BCUT2D eigenvalue weighted by Crippen LogP contribution is -2.01. The van der Waals surface area contributed by atoms with Gasteiger partial charge in [-0.05, 0) is 30.4 Å². The molecule has 0 unspecified atom stereocenters. The zero-order chi connectivity index (χ0) is 16.5. The van der Waals surface area contributed by atoms with E-state index >= 15 is 0 Å². The number of hydrogen-bond acceptors (Lipinski definition) is 1. The fourth-order valence-corrected chi connectivity index (χ4v) is 2.86. The molecule has 2 aromatic rings. The van der Waals surface area contributed by atoms with Crippen molar-refractivity contribution in [2.45, 2.75) is 58.8 Å². The molecule has 0 aliphatic carbocycles. The Hall–Kier alpha value is -1.89. The van der Waals surface area contributed by atoms with Crippen molar-refractivity contribution in [1.29, 1.82) is 0 Å². The standard InChI is InChI=1S/C22H28O/c1-3-5-6-7-9-19-12-16-21(17-13-19)22(23)20-14-10-18(8-4-2)11-15-20/h10-17H,3-9H2,1-2H3. The highest BCUT2D eigenvalue weighted by atomic mass is 16.1. The van der Waals surface area contributed by atoms with Gasteiger partial charge in [0.05, 0.1) is 0 Å². The summed E-state index contributed by atoms with van der Waals surface area (Å²) >= 11 is 0. The van der Waals surface area contributed by atoms with Gasteiger partial charge >= 0.3 is 0 Å². The van der Waals surface area contributed by atoms with Crippen LogP contribution >= 0.6 is 0 Å². The quantitative estimate of drug-likeness (QED) is 0.410. The molecule has 1 nitrogen and oxygen atoms in total. The van der Waals surface area contributed by atoms with Gasteiger partial charge < -0.3 is 0 Å². The maximum atomic E-state index is 12.5. The van der Waals surface area contributed by atoms with E-state index in [1.165, 1.54) is 36.8 Å². The first kappa shape index (κ1) is 17.5. The Morgan fingerprint density at radius 1 is 0.652 bits per heavy atom. The summed E-state index contributed by atoms with van der Waals surface area (Å²) in [6.07, 6.45) is 8.42. The van der Waals surface area contributed by atoms with Crippen molar-refractivity contribution < 1.29 is 4.79 Å². The fraction of sp³-hybridized carbons (Fsp3) is 0.409. The highest BCUT2D eigenvalue weighted by Crippen LogP contribution is 2.14. The lowest BCUT2D eigenvalue weighted by molar-refractivity contribution is 0.103. The number of ketones is 1. The molecule has 0 spiro atoms. The van der Waals surface area contributed by atoms with E-state index in [4.69, 9.17) is 0 Å². The van der Waals surface area contributed by atoms with Gasteiger partial charge in [0.25, 0.3) is 0 Å². The summed E-state index contributed by atoms with van der Waals surface area (Å²) < 4.78 is 0. The van der Waals surface area contributed by atoms with Crippen LogP contribution in [0.2, 0.25) is 0 Å². The molecular weight excluding hydrogens is 280 g/mol. The average molecular weight is 308 g/mol. The summed E-state index contributed by atoms with van der Waals surface area (Å²) in [6, 6.07) is 16.2. The second-order valence-electron chi connectivity index (χ2n) is 6.28. The number of aryl methyl sites for hydroxylation is 2. The molecule has 0 saturated heterocycles. The van der Waals surface area contributed by atoms with Crippen LogP contribution in [0.4, 0.5) is 0 Å². The van der Waals surface area contributed by atoms with Crippen molar-refractivity contribution in [3.05, 3.63) is 70.8 Å². The molecule has 0 amide bonds. The first-order chi connectivity index (χ1) is 11.2. The van der Waals surface area contributed by atoms with Gasteiger partial charge in [0.1, 0.15) is 0 Å². The molecule has 0 N–H and O–H groups in total. The lowest BCUT2D eigenvalue weighted by Gasteiger charge is -2.05. The van der Waals surface area contributed by atoms with Gasteiger partial charge in [0, 0.05) is 11.1 Å². The molecule has 2 aromatic carbocycles. The van der Waals surface area contributed by atoms with Gasteiger partial charge in [-0.2, -0.15) is 0 Å². The summed E-state index contributed by atoms with van der Waals surface area (Å²) in [5, 5.41) is 0. The molecule has 0 aromatic heterocycles. The number of benzene rings is 2. The molecule has 0 aliphatic heterocycles. The van der Waals surface area contributed by atoms with E-state index in [9.17, 15) is 4.79 Å². The summed E-state index contributed by atoms with van der Waals surface area (Å²) in [5.74, 6) is 0.116. The van der Waals surface area contributed by atoms with Crippen LogP contribution in [0, 0.1) is 0 Å². The molecule has 0 radical (unpaired) electrons. The summed E-state index contributed by atoms with van der Waals surface area (Å²) in [7, 11) is 0. The summed E-state index contributed by atoms with van der Waals surface area (Å²) in [4.78, 5) is 12.5. The molecule has 2 rings (SSSR count). The molecule has 122 valence electrons. The van der Waals surface area contributed by atoms with Crippen molar-refractivity contribution in [3.63, 3.8) is 0 Å². The number of unbranched alkanes of at least 4 members (excludes halogenated alkanes) is 3. The van der Waals surface area contributed by atoms with Crippen LogP contribution in [0.15, 0.2) is 48.5 Å². The van der Waals surface area contributed by atoms with E-state index in [-0.39, 0.29) is 5.78 Å². The van der Waals surface area contributed by atoms with Crippen LogP contribution in [0.3, 0.4) is 0 Å². The smallest absolute Gasteiger partial charge is 0.193 e. The minimum Gasteiger partial charge on any atom is -0.289 e. The monoisotopic (exact) mass is 308 g/mol. The first-order valence-electron chi connectivity index (χ1n) is 8.97. The lowest BCUT2D eigenvalue weighted by atomic mass is 9.99. The third kappa shape index (κ3) is 5.35. The summed E-state index contributed by atoms with van der Waals surface area (Å²) in [6.45, 7) is 4.40. The van der Waals surface area contributed by atoms with E-state index in [1.807, 2.05) is 24.3 Å². The van der Waals surface area contributed by atoms with E-state index in [1.54, 1.807) is 0 Å². The molecular formula is C22H28O. The van der Waals surface area contributed by atoms with Crippen molar-refractivity contribution in [2.75, 3.05) is 0 Å². The highest BCUT2D eigenvalue weighted by molar-refractivity contribution is 6.08. The Kier molecular flexibility index (Phi) is 7.06. The molecule has 0 saturated carbocycles. The van der Waals surface area contributed by atoms with Gasteiger partial charge in [0.15, 0.2) is 5.78 Å². The Bertz CT molecular complexity index is 593. The molecule has 0 heterocycles. The van der Waals surface area contributed by atoms with Crippen LogP contribution in [-0.4, -0.2) is 5.78 Å². The van der Waals surface area contributed by atoms with Crippen molar-refractivity contribution in [1.82, 2.24) is 0 Å². The van der Waals surface area contributed by atoms with E-state index in [0.717, 1.165) is 30.4 Å². The third-order valence-corrected chi connectivity index (χ3v) is 4.29. The number of carbonyl (C=O) groups is 1. The third-order valence-electron chi connectivity index (χ3n) is 4.29. The fourth-order valence-electron chi connectivity index (χ4n) is 2.86. The Morgan fingerprint density at radius 2 is 1.17 bits per heavy atom. The van der Waals surface area contributed by atoms with Crippen LogP contribution in [0.1, 0.15) is 73.0 Å². The number of carbonyl (C=O) groups excluding carboxylic acids is 1. The van der Waals surface area contributed by atoms with Gasteiger partial charge in [-0.15, -0.1) is 0 Å². The van der Waals surface area contributed by atoms with Crippen LogP contribution in [-0.2, 0) is 12.8 Å². The minimum atomic E-state index is 0.116. The zero-order valence-corrected chi connectivity index (χ0v) is 14.5. The zero-order valence-electron chi connectivity index (χ0n) is 14.5. The van der Waals surface area contributed by atoms with Crippen LogP contribution in [0.5, 0.6) is 0 Å². The minimum absolute atomic E-state index is 0.116. The van der Waals surface area contributed by atoms with Crippen molar-refractivity contribution in [2.24, 2.45) is 0 Å². The van der Waals surface area contributed by atoms with E-state index in [0.29, 0.717) is 0 Å². The molecule has 0 aliphatic rings. The first-order valence-corrected chi connectivity index (χ1v) is 8.97. The molecule has 0 bridgehead atoms. The highest BCUT2D eigenvalue weighted by Gasteiger charge is 2.08. The molecule has 0 fully saturated rings. The van der Waals surface area contributed by atoms with E-state index < -0.39 is 0 Å². The normalized spacial score (nSPS) is 10.7. The Labute approximate surface area is 140 Å². The molecule has 1 heteroatoms. The molecule has 0 atom stereocenters. The second-order valence-corrected chi connectivity index (χ2v) is 6.28. The predicted octanol–water partition coefficient (Wildman–Crippen LogP) is 5.99. The van der Waals surface area contributed by atoms with Gasteiger partial charge in [-0.3, -0.25) is 4.79 Å². The SMILES string of the molecule is CCCCCCc1ccc(C(=O)c2ccc(CCC)cc2)cc1. The van der Waals surface area contributed by atoms with Gasteiger partial charge in [0.2, 0.25) is 0 Å². The van der Waals surface area contributed by atoms with Gasteiger partial charge in [-0.25, -0.2) is 0 Å². The maximum Gasteiger partial charge on any atom is 0.193 e. The average Bonchev–Trinajstić information content (AvgIpc) is 2.60. The number of hydrogen-bond donors (Lipinski definition) is 0. The Balaban J connectivity index is 1.96. The topological polar surface area (TPSA) is 17.1 Å².